The van der Waals surface area contributed by atoms with E-state index in [9.17, 15) is 4.79 Å². The van der Waals surface area contributed by atoms with Gasteiger partial charge < -0.3 is 15.4 Å². The second-order valence-corrected chi connectivity index (χ2v) is 5.36. The van der Waals surface area contributed by atoms with Crippen LogP contribution in [0.4, 0.5) is 0 Å². The molecule has 0 aliphatic heterocycles. The molecule has 0 saturated carbocycles. The van der Waals surface area contributed by atoms with Crippen LogP contribution in [0, 0.1) is 6.92 Å². The summed E-state index contributed by atoms with van der Waals surface area (Å²) < 4.78 is 1.78. The average molecular weight is 299 g/mol. The van der Waals surface area contributed by atoms with E-state index in [1.165, 1.54) is 0 Å². The third kappa shape index (κ3) is 3.72. The lowest BCUT2D eigenvalue weighted by atomic mass is 10.1. The van der Waals surface area contributed by atoms with Gasteiger partial charge in [0.05, 0.1) is 17.9 Å². The monoisotopic (exact) mass is 299 g/mol. The number of guanidine groups is 1. The zero-order chi connectivity index (χ0) is 16.1. The molecule has 0 aliphatic carbocycles. The highest BCUT2D eigenvalue weighted by Crippen LogP contribution is 2.21. The van der Waals surface area contributed by atoms with Gasteiger partial charge in [0.2, 0.25) is 0 Å². The van der Waals surface area contributed by atoms with E-state index >= 15 is 0 Å². The molecule has 2 aromatic rings. The normalized spacial score (nSPS) is 13.0. The smallest absolute Gasteiger partial charge is 0.191 e. The average Bonchev–Trinajstić information content (AvgIpc) is 2.96. The Labute approximate surface area is 130 Å². The predicted octanol–water partition coefficient (Wildman–Crippen LogP) is 1.69. The molecule has 6 heteroatoms. The third-order valence-electron chi connectivity index (χ3n) is 3.32. The predicted molar refractivity (Wildman–Crippen MR) is 87.0 cm³/mol. The minimum Gasteiger partial charge on any atom is -0.370 e. The molecule has 2 N–H and O–H groups in total. The number of hydrogen-bond donors (Lipinski definition) is 1. The van der Waals surface area contributed by atoms with Gasteiger partial charge in [-0.15, -0.1) is 0 Å². The lowest BCUT2D eigenvalue weighted by Gasteiger charge is -2.14. The number of aromatic nitrogens is 2. The molecule has 6 nitrogen and oxygen atoms in total. The lowest BCUT2D eigenvalue weighted by molar-refractivity contribution is -0.108. The Morgan fingerprint density at radius 3 is 2.91 bits per heavy atom. The maximum Gasteiger partial charge on any atom is 0.191 e. The summed E-state index contributed by atoms with van der Waals surface area (Å²) in [4.78, 5) is 17.0. The van der Waals surface area contributed by atoms with Crippen molar-refractivity contribution in [3.8, 4) is 5.69 Å². The van der Waals surface area contributed by atoms with Crippen LogP contribution in [0.2, 0.25) is 0 Å². The van der Waals surface area contributed by atoms with Crippen LogP contribution >= 0.6 is 0 Å². The van der Waals surface area contributed by atoms with Crippen molar-refractivity contribution in [1.82, 2.24) is 14.7 Å². The van der Waals surface area contributed by atoms with Gasteiger partial charge in [0.25, 0.3) is 0 Å². The number of nitrogens with zero attached hydrogens (tertiary/aromatic N) is 4. The van der Waals surface area contributed by atoms with E-state index in [4.69, 9.17) is 5.73 Å². The number of nitrogens with two attached hydrogens (primary N) is 1. The quantitative estimate of drug-likeness (QED) is 0.518. The van der Waals surface area contributed by atoms with Crippen LogP contribution in [0.3, 0.4) is 0 Å². The highest BCUT2D eigenvalue weighted by atomic mass is 16.1. The Kier molecular flexibility index (Phi) is 4.93. The zero-order valence-electron chi connectivity index (χ0n) is 13.1. The number of rotatable bonds is 5. The van der Waals surface area contributed by atoms with E-state index in [0.29, 0.717) is 5.96 Å². The Morgan fingerprint density at radius 2 is 2.27 bits per heavy atom. The Bertz CT molecular complexity index is 675. The van der Waals surface area contributed by atoms with Crippen LogP contribution in [-0.4, -0.2) is 41.0 Å². The molecule has 1 atom stereocenters. The number of aryl methyl sites for hydroxylation is 1. The molecular weight excluding hydrogens is 278 g/mol. The van der Waals surface area contributed by atoms with Gasteiger partial charge in [0, 0.05) is 32.3 Å². The van der Waals surface area contributed by atoms with Crippen LogP contribution in [0.1, 0.15) is 23.6 Å². The van der Waals surface area contributed by atoms with Gasteiger partial charge in [0.1, 0.15) is 6.29 Å². The number of aliphatic imine (C=N–C) groups is 1. The highest BCUT2D eigenvalue weighted by molar-refractivity contribution is 5.78. The molecule has 1 aromatic carbocycles. The topological polar surface area (TPSA) is 76.5 Å². The van der Waals surface area contributed by atoms with E-state index in [-0.39, 0.29) is 12.5 Å². The van der Waals surface area contributed by atoms with Gasteiger partial charge in [-0.05, 0) is 24.6 Å². The fourth-order valence-corrected chi connectivity index (χ4v) is 2.05. The van der Waals surface area contributed by atoms with E-state index < -0.39 is 0 Å². The molecule has 1 unspecified atom stereocenters. The first-order valence-electron chi connectivity index (χ1n) is 7.07. The number of aldehydes is 1. The molecule has 0 spiro atoms. The molecule has 0 radical (unpaired) electrons. The molecule has 0 fully saturated rings. The van der Waals surface area contributed by atoms with Crippen LogP contribution in [-0.2, 0) is 4.79 Å². The fraction of sp³-hybridized carbons (Fsp3) is 0.312. The first kappa shape index (κ1) is 15.8. The number of hydrogen-bond acceptors (Lipinski definition) is 3. The van der Waals surface area contributed by atoms with Crippen LogP contribution < -0.4 is 5.73 Å². The Balaban J connectivity index is 2.31. The molecular formula is C16H21N5O. The van der Waals surface area contributed by atoms with Crippen molar-refractivity contribution in [3.05, 3.63) is 47.8 Å². The minimum atomic E-state index is -0.321. The number of carbonyl (C=O) groups excluding carboxylic acids is 1. The van der Waals surface area contributed by atoms with Crippen molar-refractivity contribution in [2.45, 2.75) is 19.4 Å². The van der Waals surface area contributed by atoms with Crippen molar-refractivity contribution in [2.75, 3.05) is 14.1 Å². The zero-order valence-corrected chi connectivity index (χ0v) is 13.1. The highest BCUT2D eigenvalue weighted by Gasteiger charge is 2.14. The number of benzene rings is 1. The maximum atomic E-state index is 10.9. The molecule has 1 aromatic heterocycles. The molecule has 0 saturated heterocycles. The lowest BCUT2D eigenvalue weighted by Crippen LogP contribution is -2.31. The fourth-order valence-electron chi connectivity index (χ4n) is 2.05. The van der Waals surface area contributed by atoms with Crippen molar-refractivity contribution in [1.29, 1.82) is 0 Å². The SMILES string of the molecule is Cc1cccc(-n2cc(C(CC=O)N=C(N)N(C)C)cn2)c1. The van der Waals surface area contributed by atoms with E-state index in [1.807, 2.05) is 51.5 Å². The molecule has 2 rings (SSSR count). The minimum absolute atomic E-state index is 0.272. The van der Waals surface area contributed by atoms with Gasteiger partial charge in [0.15, 0.2) is 5.96 Å². The Hall–Kier alpha value is -2.63. The molecule has 116 valence electrons. The van der Waals surface area contributed by atoms with Crippen molar-refractivity contribution in [3.63, 3.8) is 0 Å². The summed E-state index contributed by atoms with van der Waals surface area (Å²) in [5.74, 6) is 0.384. The first-order valence-corrected chi connectivity index (χ1v) is 7.07. The van der Waals surface area contributed by atoms with Gasteiger partial charge in [-0.1, -0.05) is 12.1 Å². The summed E-state index contributed by atoms with van der Waals surface area (Å²) in [5, 5.41) is 4.36. The summed E-state index contributed by atoms with van der Waals surface area (Å²) in [6.45, 7) is 2.03. The summed E-state index contributed by atoms with van der Waals surface area (Å²) in [7, 11) is 3.62. The second-order valence-electron chi connectivity index (χ2n) is 5.36. The molecule has 1 heterocycles. The van der Waals surface area contributed by atoms with E-state index in [2.05, 4.69) is 10.1 Å². The van der Waals surface area contributed by atoms with Crippen LogP contribution in [0.5, 0.6) is 0 Å². The maximum absolute atomic E-state index is 10.9. The molecule has 0 amide bonds. The number of carbonyl (C=O) groups is 1. The van der Waals surface area contributed by atoms with Gasteiger partial charge in [-0.3, -0.25) is 0 Å². The third-order valence-corrected chi connectivity index (χ3v) is 3.32. The molecule has 22 heavy (non-hydrogen) atoms. The van der Waals surface area contributed by atoms with Crippen LogP contribution in [0.15, 0.2) is 41.7 Å². The largest absolute Gasteiger partial charge is 0.370 e. The summed E-state index contributed by atoms with van der Waals surface area (Å²) >= 11 is 0. The van der Waals surface area contributed by atoms with Gasteiger partial charge in [-0.25, -0.2) is 9.67 Å². The van der Waals surface area contributed by atoms with Crippen molar-refractivity contribution in [2.24, 2.45) is 10.7 Å². The van der Waals surface area contributed by atoms with Gasteiger partial charge >= 0.3 is 0 Å². The van der Waals surface area contributed by atoms with Crippen molar-refractivity contribution < 1.29 is 4.79 Å². The Morgan fingerprint density at radius 1 is 1.50 bits per heavy atom. The standard InChI is InChI=1S/C16H21N5O/c1-12-5-4-6-14(9-12)21-11-13(10-18-21)15(7-8-22)19-16(17)20(2)3/h4-6,8-11,15H,7H2,1-3H3,(H2,17,19). The molecule has 0 aliphatic rings. The van der Waals surface area contributed by atoms with E-state index in [1.54, 1.807) is 15.8 Å². The summed E-state index contributed by atoms with van der Waals surface area (Å²) in [5.41, 5.74) is 8.85. The van der Waals surface area contributed by atoms with E-state index in [0.717, 1.165) is 23.1 Å². The second kappa shape index (κ2) is 6.89. The van der Waals surface area contributed by atoms with Gasteiger partial charge in [-0.2, -0.15) is 5.10 Å². The first-order chi connectivity index (χ1) is 10.5. The summed E-state index contributed by atoms with van der Waals surface area (Å²) in [6.07, 6.45) is 4.73. The summed E-state index contributed by atoms with van der Waals surface area (Å²) in [6, 6.07) is 7.72. The van der Waals surface area contributed by atoms with Crippen molar-refractivity contribution >= 4 is 12.2 Å². The molecule has 0 bridgehead atoms. The van der Waals surface area contributed by atoms with Crippen LogP contribution in [0.25, 0.3) is 5.69 Å².